The van der Waals surface area contributed by atoms with Crippen LogP contribution >= 0.6 is 11.3 Å². The Balaban J connectivity index is 1.87. The lowest BCUT2D eigenvalue weighted by Crippen LogP contribution is -2.14. The number of fused-ring (bicyclic) bond motifs is 1. The van der Waals surface area contributed by atoms with Crippen molar-refractivity contribution in [3.8, 4) is 5.75 Å². The molecule has 21 heavy (non-hydrogen) atoms. The largest absolute Gasteiger partial charge is 0.480 e. The molecule has 0 N–H and O–H groups in total. The molecule has 1 aromatic carbocycles. The first-order valence-corrected chi connectivity index (χ1v) is 6.85. The lowest BCUT2D eigenvalue weighted by atomic mass is 10.3. The van der Waals surface area contributed by atoms with E-state index in [9.17, 15) is 14.9 Å². The summed E-state index contributed by atoms with van der Waals surface area (Å²) in [6, 6.07) is 7.43. The Labute approximate surface area is 122 Å². The van der Waals surface area contributed by atoms with Gasteiger partial charge in [0.25, 0.3) is 5.56 Å². The molecule has 0 aliphatic rings. The van der Waals surface area contributed by atoms with Crippen molar-refractivity contribution < 1.29 is 9.66 Å². The molecule has 7 nitrogen and oxygen atoms in total. The van der Waals surface area contributed by atoms with Crippen molar-refractivity contribution in [1.29, 1.82) is 0 Å². The van der Waals surface area contributed by atoms with Crippen molar-refractivity contribution in [2.75, 3.05) is 0 Å². The number of hydrogen-bond acceptors (Lipinski definition) is 6. The predicted octanol–water partition coefficient (Wildman–Crippen LogP) is 2.24. The maximum atomic E-state index is 11.8. The van der Waals surface area contributed by atoms with E-state index in [1.165, 1.54) is 33.9 Å². The Bertz CT molecular complexity index is 871. The van der Waals surface area contributed by atoms with Crippen LogP contribution in [-0.2, 0) is 6.61 Å². The minimum atomic E-state index is -0.514. The zero-order chi connectivity index (χ0) is 14.8. The molecule has 106 valence electrons. The van der Waals surface area contributed by atoms with Gasteiger partial charge in [-0.05, 0) is 6.07 Å². The van der Waals surface area contributed by atoms with E-state index < -0.39 is 4.92 Å². The number of nitro groups is 1. The third-order valence-electron chi connectivity index (χ3n) is 2.79. The van der Waals surface area contributed by atoms with Gasteiger partial charge < -0.3 is 4.74 Å². The summed E-state index contributed by atoms with van der Waals surface area (Å²) in [6.07, 6.45) is 1.64. The fourth-order valence-corrected chi connectivity index (χ4v) is 2.58. The highest BCUT2D eigenvalue weighted by atomic mass is 32.1. The van der Waals surface area contributed by atoms with Crippen molar-refractivity contribution in [2.24, 2.45) is 0 Å². The van der Waals surface area contributed by atoms with E-state index in [2.05, 4.69) is 4.98 Å². The molecule has 2 aromatic heterocycles. The SMILES string of the molecule is O=c1cc(COc2ccccc2[N+](=O)[O-])nc2sccn12. The molecule has 2 heterocycles. The molecule has 0 fully saturated rings. The molecule has 0 spiro atoms. The van der Waals surface area contributed by atoms with Crippen LogP contribution in [0.15, 0.2) is 46.7 Å². The molecule has 0 aliphatic carbocycles. The minimum absolute atomic E-state index is 0.00546. The van der Waals surface area contributed by atoms with Gasteiger partial charge in [0, 0.05) is 23.7 Å². The van der Waals surface area contributed by atoms with Crippen molar-refractivity contribution >= 4 is 22.0 Å². The van der Waals surface area contributed by atoms with E-state index in [0.717, 1.165) is 0 Å². The number of nitrogens with zero attached hydrogens (tertiary/aromatic N) is 3. The van der Waals surface area contributed by atoms with Crippen molar-refractivity contribution in [2.45, 2.75) is 6.61 Å². The summed E-state index contributed by atoms with van der Waals surface area (Å²) in [6.45, 7) is -0.00546. The third-order valence-corrected chi connectivity index (χ3v) is 3.55. The number of aromatic nitrogens is 2. The first-order valence-electron chi connectivity index (χ1n) is 5.97. The molecule has 0 unspecified atom stereocenters. The van der Waals surface area contributed by atoms with Gasteiger partial charge in [0.1, 0.15) is 6.61 Å². The molecule has 0 radical (unpaired) electrons. The topological polar surface area (TPSA) is 86.7 Å². The van der Waals surface area contributed by atoms with E-state index in [4.69, 9.17) is 4.74 Å². The molecular formula is C13H9N3O4S. The maximum Gasteiger partial charge on any atom is 0.310 e. The van der Waals surface area contributed by atoms with Gasteiger partial charge in [-0.25, -0.2) is 4.98 Å². The van der Waals surface area contributed by atoms with Gasteiger partial charge in [0.05, 0.1) is 10.6 Å². The quantitative estimate of drug-likeness (QED) is 0.545. The number of nitro benzene ring substituents is 1. The van der Waals surface area contributed by atoms with Gasteiger partial charge in [0.15, 0.2) is 10.7 Å². The van der Waals surface area contributed by atoms with E-state index in [-0.39, 0.29) is 23.6 Å². The second-order valence-electron chi connectivity index (χ2n) is 4.15. The number of benzene rings is 1. The standard InChI is InChI=1S/C13H9N3O4S/c17-12-7-9(14-13-15(12)5-6-21-13)8-20-11-4-2-1-3-10(11)16(18)19/h1-7H,8H2. The molecule has 0 saturated heterocycles. The van der Waals surface area contributed by atoms with Crippen LogP contribution in [0.25, 0.3) is 4.96 Å². The lowest BCUT2D eigenvalue weighted by Gasteiger charge is -2.06. The van der Waals surface area contributed by atoms with Gasteiger partial charge in [-0.3, -0.25) is 19.3 Å². The highest BCUT2D eigenvalue weighted by molar-refractivity contribution is 7.15. The zero-order valence-corrected chi connectivity index (χ0v) is 11.4. The molecule has 0 atom stereocenters. The van der Waals surface area contributed by atoms with Gasteiger partial charge in [-0.15, -0.1) is 11.3 Å². The number of rotatable bonds is 4. The van der Waals surface area contributed by atoms with Crippen molar-refractivity contribution in [1.82, 2.24) is 9.38 Å². The fraction of sp³-hybridized carbons (Fsp3) is 0.0769. The van der Waals surface area contributed by atoms with E-state index >= 15 is 0 Å². The molecule has 0 saturated carbocycles. The van der Waals surface area contributed by atoms with Crippen LogP contribution in [0.4, 0.5) is 5.69 Å². The van der Waals surface area contributed by atoms with Crippen molar-refractivity contribution in [3.63, 3.8) is 0 Å². The Morgan fingerprint density at radius 1 is 1.38 bits per heavy atom. The fourth-order valence-electron chi connectivity index (χ4n) is 1.84. The Morgan fingerprint density at radius 2 is 2.19 bits per heavy atom. The molecule has 3 aromatic rings. The van der Waals surface area contributed by atoms with Crippen LogP contribution < -0.4 is 10.3 Å². The van der Waals surface area contributed by atoms with Crippen LogP contribution in [0.5, 0.6) is 5.75 Å². The van der Waals surface area contributed by atoms with E-state index in [0.29, 0.717) is 10.7 Å². The van der Waals surface area contributed by atoms with Crippen LogP contribution in [-0.4, -0.2) is 14.3 Å². The normalized spacial score (nSPS) is 10.7. The van der Waals surface area contributed by atoms with Gasteiger partial charge in [-0.1, -0.05) is 12.1 Å². The van der Waals surface area contributed by atoms with Crippen molar-refractivity contribution in [3.05, 3.63) is 68.1 Å². The van der Waals surface area contributed by atoms with Gasteiger partial charge in [-0.2, -0.15) is 0 Å². The van der Waals surface area contributed by atoms with E-state index in [1.807, 2.05) is 0 Å². The summed E-state index contributed by atoms with van der Waals surface area (Å²) in [5.74, 6) is 0.149. The lowest BCUT2D eigenvalue weighted by molar-refractivity contribution is -0.385. The van der Waals surface area contributed by atoms with Crippen LogP contribution in [0.1, 0.15) is 5.69 Å². The summed E-state index contributed by atoms with van der Waals surface area (Å²) < 4.78 is 6.85. The second kappa shape index (κ2) is 5.33. The van der Waals surface area contributed by atoms with Gasteiger partial charge >= 0.3 is 5.69 Å². The minimum Gasteiger partial charge on any atom is -0.480 e. The smallest absolute Gasteiger partial charge is 0.310 e. The maximum absolute atomic E-state index is 11.8. The first kappa shape index (κ1) is 13.3. The van der Waals surface area contributed by atoms with Crippen LogP contribution in [0.3, 0.4) is 0 Å². The molecule has 0 amide bonds. The Kier molecular flexibility index (Phi) is 3.36. The van der Waals surface area contributed by atoms with Crippen LogP contribution in [0.2, 0.25) is 0 Å². The summed E-state index contributed by atoms with van der Waals surface area (Å²) in [7, 11) is 0. The summed E-state index contributed by atoms with van der Waals surface area (Å²) in [4.78, 5) is 27.0. The summed E-state index contributed by atoms with van der Waals surface area (Å²) >= 11 is 1.33. The number of hydrogen-bond donors (Lipinski definition) is 0. The average molecular weight is 303 g/mol. The highest BCUT2D eigenvalue weighted by Crippen LogP contribution is 2.26. The monoisotopic (exact) mass is 303 g/mol. The molecule has 3 rings (SSSR count). The molecule has 0 bridgehead atoms. The van der Waals surface area contributed by atoms with E-state index in [1.54, 1.807) is 23.7 Å². The third kappa shape index (κ3) is 2.61. The molecule has 0 aliphatic heterocycles. The number of ether oxygens (including phenoxy) is 1. The Hall–Kier alpha value is -2.74. The number of para-hydroxylation sites is 2. The second-order valence-corrected chi connectivity index (χ2v) is 5.03. The van der Waals surface area contributed by atoms with Gasteiger partial charge in [0.2, 0.25) is 0 Å². The van der Waals surface area contributed by atoms with Crippen LogP contribution in [0, 0.1) is 10.1 Å². The average Bonchev–Trinajstić information content (AvgIpc) is 2.94. The Morgan fingerprint density at radius 3 is 3.00 bits per heavy atom. The number of thiazole rings is 1. The summed E-state index contributed by atoms with van der Waals surface area (Å²) in [5.41, 5.74) is 0.106. The molecule has 8 heteroatoms. The molecular weight excluding hydrogens is 294 g/mol. The zero-order valence-electron chi connectivity index (χ0n) is 10.6. The predicted molar refractivity (Wildman–Crippen MR) is 76.8 cm³/mol. The summed E-state index contributed by atoms with van der Waals surface area (Å²) in [5, 5.41) is 12.6. The highest BCUT2D eigenvalue weighted by Gasteiger charge is 2.14. The first-order chi connectivity index (χ1) is 10.1.